The van der Waals surface area contributed by atoms with E-state index in [1.165, 1.54) is 0 Å². The first-order valence-corrected chi connectivity index (χ1v) is 7.68. The fraction of sp³-hybridized carbons (Fsp3) is 0.176. The second-order valence-corrected chi connectivity index (χ2v) is 5.70. The Morgan fingerprint density at radius 3 is 3.04 bits per heavy atom. The standard InChI is InChI=1S/C17H15N7O/c1-24-9-13(12-5-11(25-2)3-4-16(12)24)14-6-15-17(22-14)19-7-10(21-15)8-20-23-18/h3-7,9H,8H2,1-2H3,(H,19,22). The maximum Gasteiger partial charge on any atom is 0.156 e. The van der Waals surface area contributed by atoms with Gasteiger partial charge in [-0.3, -0.25) is 0 Å². The molecule has 8 nitrogen and oxygen atoms in total. The van der Waals surface area contributed by atoms with E-state index in [2.05, 4.69) is 35.7 Å². The highest BCUT2D eigenvalue weighted by Crippen LogP contribution is 2.33. The van der Waals surface area contributed by atoms with Gasteiger partial charge in [-0.25, -0.2) is 9.97 Å². The summed E-state index contributed by atoms with van der Waals surface area (Å²) >= 11 is 0. The smallest absolute Gasteiger partial charge is 0.156 e. The van der Waals surface area contributed by atoms with Crippen LogP contribution in [-0.4, -0.2) is 26.6 Å². The van der Waals surface area contributed by atoms with E-state index >= 15 is 0 Å². The third kappa shape index (κ3) is 2.54. The first-order valence-electron chi connectivity index (χ1n) is 7.68. The summed E-state index contributed by atoms with van der Waals surface area (Å²) in [4.78, 5) is 14.9. The SMILES string of the molecule is COc1ccc2c(c1)c(-c1cc3nc(CN=[N+]=[N-])cnc3[nH]1)cn2C. The van der Waals surface area contributed by atoms with Crippen LogP contribution in [0.15, 0.2) is 41.8 Å². The number of fused-ring (bicyclic) bond motifs is 2. The van der Waals surface area contributed by atoms with Crippen molar-refractivity contribution >= 4 is 22.1 Å². The average molecular weight is 333 g/mol. The van der Waals surface area contributed by atoms with E-state index in [1.54, 1.807) is 13.3 Å². The number of aromatic amines is 1. The van der Waals surface area contributed by atoms with Crippen LogP contribution in [0.4, 0.5) is 0 Å². The molecule has 0 amide bonds. The highest BCUT2D eigenvalue weighted by Gasteiger charge is 2.13. The highest BCUT2D eigenvalue weighted by molar-refractivity contribution is 5.98. The summed E-state index contributed by atoms with van der Waals surface area (Å²) in [7, 11) is 3.67. The van der Waals surface area contributed by atoms with Gasteiger partial charge in [-0.2, -0.15) is 0 Å². The molecular formula is C17H15N7O. The Kier molecular flexibility index (Phi) is 3.52. The van der Waals surface area contributed by atoms with Crippen LogP contribution >= 0.6 is 0 Å². The third-order valence-electron chi connectivity index (χ3n) is 4.17. The molecule has 0 fully saturated rings. The largest absolute Gasteiger partial charge is 0.497 e. The van der Waals surface area contributed by atoms with Crippen LogP contribution in [0.1, 0.15) is 5.69 Å². The van der Waals surface area contributed by atoms with E-state index in [0.717, 1.165) is 33.4 Å². The van der Waals surface area contributed by atoms with Crippen molar-refractivity contribution in [1.29, 1.82) is 0 Å². The van der Waals surface area contributed by atoms with Crippen LogP contribution in [0.5, 0.6) is 5.75 Å². The quantitative estimate of drug-likeness (QED) is 0.347. The number of benzene rings is 1. The van der Waals surface area contributed by atoms with Crippen LogP contribution in [0.3, 0.4) is 0 Å². The monoisotopic (exact) mass is 333 g/mol. The molecule has 0 saturated heterocycles. The normalized spacial score (nSPS) is 11.0. The van der Waals surface area contributed by atoms with Crippen molar-refractivity contribution in [2.75, 3.05) is 7.11 Å². The number of ether oxygens (including phenoxy) is 1. The lowest BCUT2D eigenvalue weighted by atomic mass is 10.1. The number of H-pyrrole nitrogens is 1. The summed E-state index contributed by atoms with van der Waals surface area (Å²) in [5, 5.41) is 4.61. The molecule has 1 N–H and O–H groups in total. The lowest BCUT2D eigenvalue weighted by Crippen LogP contribution is -1.89. The van der Waals surface area contributed by atoms with Gasteiger partial charge < -0.3 is 14.3 Å². The molecule has 4 aromatic rings. The molecule has 0 aliphatic rings. The zero-order valence-electron chi connectivity index (χ0n) is 13.8. The van der Waals surface area contributed by atoms with Gasteiger partial charge >= 0.3 is 0 Å². The summed E-state index contributed by atoms with van der Waals surface area (Å²) < 4.78 is 7.42. The van der Waals surface area contributed by atoms with E-state index in [-0.39, 0.29) is 6.54 Å². The maximum atomic E-state index is 8.43. The molecule has 8 heteroatoms. The number of nitrogens with one attached hydrogen (secondary N) is 1. The molecule has 0 aliphatic carbocycles. The minimum Gasteiger partial charge on any atom is -0.497 e. The molecule has 1 aromatic carbocycles. The number of nitrogens with zero attached hydrogens (tertiary/aromatic N) is 6. The predicted molar refractivity (Wildman–Crippen MR) is 95.2 cm³/mol. The average Bonchev–Trinajstić information content (AvgIpc) is 3.20. The lowest BCUT2D eigenvalue weighted by Gasteiger charge is -2.01. The fourth-order valence-corrected chi connectivity index (χ4v) is 2.98. The Balaban J connectivity index is 1.86. The van der Waals surface area contributed by atoms with E-state index in [1.807, 2.05) is 31.3 Å². The van der Waals surface area contributed by atoms with Crippen molar-refractivity contribution in [1.82, 2.24) is 19.5 Å². The molecule has 124 valence electrons. The van der Waals surface area contributed by atoms with Crippen molar-refractivity contribution in [3.8, 4) is 17.0 Å². The number of aryl methyl sites for hydroxylation is 1. The maximum absolute atomic E-state index is 8.43. The van der Waals surface area contributed by atoms with Crippen molar-refractivity contribution in [3.05, 3.63) is 52.8 Å². The van der Waals surface area contributed by atoms with E-state index in [9.17, 15) is 0 Å². The zero-order chi connectivity index (χ0) is 17.4. The Morgan fingerprint density at radius 2 is 2.24 bits per heavy atom. The molecule has 0 saturated carbocycles. The second kappa shape index (κ2) is 5.85. The molecular weight excluding hydrogens is 318 g/mol. The predicted octanol–water partition coefficient (Wildman–Crippen LogP) is 3.94. The minimum atomic E-state index is 0.186. The van der Waals surface area contributed by atoms with Crippen LogP contribution in [0, 0.1) is 0 Å². The molecule has 3 aromatic heterocycles. The second-order valence-electron chi connectivity index (χ2n) is 5.70. The van der Waals surface area contributed by atoms with Crippen molar-refractivity contribution in [3.63, 3.8) is 0 Å². The highest BCUT2D eigenvalue weighted by atomic mass is 16.5. The molecule has 4 rings (SSSR count). The first kappa shape index (κ1) is 15.0. The number of methoxy groups -OCH3 is 1. The third-order valence-corrected chi connectivity index (χ3v) is 4.17. The van der Waals surface area contributed by atoms with Gasteiger partial charge in [0.15, 0.2) is 5.65 Å². The first-order chi connectivity index (χ1) is 12.2. The number of aromatic nitrogens is 4. The minimum absolute atomic E-state index is 0.186. The number of hydrogen-bond acceptors (Lipinski definition) is 4. The topological polar surface area (TPSA) is 104 Å². The molecule has 3 heterocycles. The van der Waals surface area contributed by atoms with E-state index in [0.29, 0.717) is 11.3 Å². The van der Waals surface area contributed by atoms with Crippen molar-refractivity contribution in [2.24, 2.45) is 12.2 Å². The Labute approximate surface area is 142 Å². The summed E-state index contributed by atoms with van der Waals surface area (Å²) in [6.45, 7) is 0.186. The van der Waals surface area contributed by atoms with Gasteiger partial charge in [0.2, 0.25) is 0 Å². The molecule has 0 atom stereocenters. The number of hydrogen-bond donors (Lipinski definition) is 1. The Morgan fingerprint density at radius 1 is 1.36 bits per heavy atom. The molecule has 0 bridgehead atoms. The van der Waals surface area contributed by atoms with Gasteiger partial charge in [-0.05, 0) is 29.8 Å². The van der Waals surface area contributed by atoms with Gasteiger partial charge in [0, 0.05) is 34.6 Å². The molecule has 0 radical (unpaired) electrons. The van der Waals surface area contributed by atoms with Crippen LogP contribution < -0.4 is 4.74 Å². The molecule has 25 heavy (non-hydrogen) atoms. The molecule has 0 spiro atoms. The summed E-state index contributed by atoms with van der Waals surface area (Å²) in [6.07, 6.45) is 3.68. The van der Waals surface area contributed by atoms with Crippen LogP contribution in [0.2, 0.25) is 0 Å². The summed E-state index contributed by atoms with van der Waals surface area (Å²) in [6, 6.07) is 7.96. The van der Waals surface area contributed by atoms with Crippen LogP contribution in [-0.2, 0) is 13.6 Å². The number of rotatable bonds is 4. The Hall–Kier alpha value is -3.51. The fourth-order valence-electron chi connectivity index (χ4n) is 2.98. The van der Waals surface area contributed by atoms with Crippen LogP contribution in [0.25, 0.3) is 43.8 Å². The number of azide groups is 1. The van der Waals surface area contributed by atoms with Crippen molar-refractivity contribution < 1.29 is 4.74 Å². The Bertz CT molecular complexity index is 1130. The summed E-state index contributed by atoms with van der Waals surface area (Å²) in [5.74, 6) is 0.809. The molecule has 0 unspecified atom stereocenters. The van der Waals surface area contributed by atoms with Gasteiger partial charge in [-0.1, -0.05) is 5.11 Å². The van der Waals surface area contributed by atoms with Crippen molar-refractivity contribution in [2.45, 2.75) is 6.54 Å². The van der Waals surface area contributed by atoms with E-state index < -0.39 is 0 Å². The van der Waals surface area contributed by atoms with Gasteiger partial charge in [0.05, 0.1) is 31.2 Å². The van der Waals surface area contributed by atoms with Gasteiger partial charge in [-0.15, -0.1) is 0 Å². The van der Waals surface area contributed by atoms with E-state index in [4.69, 9.17) is 10.3 Å². The summed E-state index contributed by atoms with van der Waals surface area (Å²) in [5.41, 5.74) is 13.6. The molecule has 0 aliphatic heterocycles. The van der Waals surface area contributed by atoms with Gasteiger partial charge in [0.1, 0.15) is 11.3 Å². The van der Waals surface area contributed by atoms with Gasteiger partial charge in [0.25, 0.3) is 0 Å². The lowest BCUT2D eigenvalue weighted by molar-refractivity contribution is 0.415. The zero-order valence-corrected chi connectivity index (χ0v) is 13.8.